The van der Waals surface area contributed by atoms with Gasteiger partial charge in [-0.05, 0) is 51.1 Å². The Morgan fingerprint density at radius 1 is 1.55 bits per heavy atom. The maximum Gasteiger partial charge on any atom is 0.343 e. The number of rotatable bonds is 5. The number of aromatic nitrogens is 1. The van der Waals surface area contributed by atoms with Gasteiger partial charge in [-0.2, -0.15) is 4.37 Å². The molecule has 1 saturated heterocycles. The lowest BCUT2D eigenvalue weighted by Crippen LogP contribution is -2.31. The second-order valence-corrected chi connectivity index (χ2v) is 5.85. The predicted molar refractivity (Wildman–Crippen MR) is 79.4 cm³/mol. The smallest absolute Gasteiger partial charge is 0.343 e. The molecule has 1 atom stereocenters. The predicted octanol–water partition coefficient (Wildman–Crippen LogP) is 2.86. The van der Waals surface area contributed by atoms with Crippen molar-refractivity contribution in [2.24, 2.45) is 5.92 Å². The molecule has 112 valence electrons. The molecule has 1 aromatic rings. The molecule has 0 amide bonds. The van der Waals surface area contributed by atoms with Crippen molar-refractivity contribution in [3.63, 3.8) is 0 Å². The summed E-state index contributed by atoms with van der Waals surface area (Å²) < 4.78 is 14.8. The van der Waals surface area contributed by atoms with Crippen LogP contribution in [0.3, 0.4) is 0 Å². The molecule has 0 radical (unpaired) electrons. The van der Waals surface area contributed by atoms with Crippen LogP contribution < -0.4 is 5.32 Å². The Morgan fingerprint density at radius 2 is 2.25 bits per heavy atom. The number of hydrogen-bond acceptors (Lipinski definition) is 6. The Kier molecular flexibility index (Phi) is 5.37. The van der Waals surface area contributed by atoms with Crippen LogP contribution in [0.25, 0.3) is 0 Å². The Hall–Kier alpha value is -1.14. The van der Waals surface area contributed by atoms with Crippen molar-refractivity contribution < 1.29 is 14.3 Å². The lowest BCUT2D eigenvalue weighted by molar-refractivity contribution is 0.0525. The Morgan fingerprint density at radius 3 is 2.90 bits per heavy atom. The third kappa shape index (κ3) is 3.49. The summed E-state index contributed by atoms with van der Waals surface area (Å²) in [5.74, 6) is 0.279. The fourth-order valence-electron chi connectivity index (χ4n) is 2.45. The minimum Gasteiger partial charge on any atom is -0.462 e. The molecule has 1 fully saturated rings. The quantitative estimate of drug-likeness (QED) is 0.847. The van der Waals surface area contributed by atoms with Crippen molar-refractivity contribution in [2.45, 2.75) is 39.7 Å². The molecular weight excluding hydrogens is 276 g/mol. The molecule has 2 rings (SSSR count). The molecule has 0 spiro atoms. The molecule has 0 saturated carbocycles. The summed E-state index contributed by atoms with van der Waals surface area (Å²) >= 11 is 1.33. The zero-order valence-corrected chi connectivity index (χ0v) is 13.1. The highest BCUT2D eigenvalue weighted by Crippen LogP contribution is 2.29. The van der Waals surface area contributed by atoms with E-state index in [2.05, 4.69) is 16.6 Å². The highest BCUT2D eigenvalue weighted by molar-refractivity contribution is 7.10. The van der Waals surface area contributed by atoms with E-state index < -0.39 is 0 Å². The third-order valence-electron chi connectivity index (χ3n) is 3.67. The average molecular weight is 298 g/mol. The van der Waals surface area contributed by atoms with Gasteiger partial charge in [-0.1, -0.05) is 0 Å². The first-order valence-electron chi connectivity index (χ1n) is 7.11. The lowest BCUT2D eigenvalue weighted by atomic mass is 9.93. The second-order valence-electron chi connectivity index (χ2n) is 5.08. The number of aryl methyl sites for hydroxylation is 1. The largest absolute Gasteiger partial charge is 0.462 e. The van der Waals surface area contributed by atoms with E-state index in [1.165, 1.54) is 11.5 Å². The first-order chi connectivity index (χ1) is 9.63. The molecule has 0 bridgehead atoms. The van der Waals surface area contributed by atoms with Crippen molar-refractivity contribution in [1.82, 2.24) is 4.37 Å². The molecular formula is C14H22N2O3S. The van der Waals surface area contributed by atoms with Gasteiger partial charge in [0.2, 0.25) is 0 Å². The van der Waals surface area contributed by atoms with E-state index >= 15 is 0 Å². The minimum atomic E-state index is -0.291. The normalized spacial score (nSPS) is 17.8. The molecule has 2 heterocycles. The molecule has 0 aliphatic carbocycles. The highest BCUT2D eigenvalue weighted by atomic mass is 32.1. The number of esters is 1. The summed E-state index contributed by atoms with van der Waals surface area (Å²) in [6.07, 6.45) is 2.11. The average Bonchev–Trinajstić information content (AvgIpc) is 2.81. The van der Waals surface area contributed by atoms with E-state index in [0.29, 0.717) is 24.1 Å². The number of ether oxygens (including phenoxy) is 2. The van der Waals surface area contributed by atoms with Crippen molar-refractivity contribution in [2.75, 3.05) is 25.1 Å². The zero-order chi connectivity index (χ0) is 14.5. The molecule has 1 aliphatic heterocycles. The van der Waals surface area contributed by atoms with Crippen LogP contribution in [0.15, 0.2) is 0 Å². The number of hydrogen-bond donors (Lipinski definition) is 1. The Labute approximate surface area is 123 Å². The lowest BCUT2D eigenvalue weighted by Gasteiger charge is -2.28. The van der Waals surface area contributed by atoms with Crippen LogP contribution in [-0.2, 0) is 9.47 Å². The number of carbonyl (C=O) groups is 1. The van der Waals surface area contributed by atoms with Crippen LogP contribution in [0.2, 0.25) is 0 Å². The highest BCUT2D eigenvalue weighted by Gasteiger charge is 2.25. The van der Waals surface area contributed by atoms with Crippen LogP contribution >= 0.6 is 11.5 Å². The van der Waals surface area contributed by atoms with E-state index in [1.54, 1.807) is 0 Å². The number of carbonyl (C=O) groups excluding carboxylic acids is 1. The van der Waals surface area contributed by atoms with Gasteiger partial charge in [-0.15, -0.1) is 0 Å². The molecule has 1 N–H and O–H groups in total. The van der Waals surface area contributed by atoms with Crippen LogP contribution in [0, 0.1) is 12.8 Å². The van der Waals surface area contributed by atoms with Gasteiger partial charge < -0.3 is 14.8 Å². The van der Waals surface area contributed by atoms with Crippen LogP contribution in [0.1, 0.15) is 42.7 Å². The van der Waals surface area contributed by atoms with Crippen molar-refractivity contribution in [3.05, 3.63) is 11.3 Å². The van der Waals surface area contributed by atoms with Crippen LogP contribution in [-0.4, -0.2) is 36.2 Å². The van der Waals surface area contributed by atoms with Gasteiger partial charge in [0.1, 0.15) is 10.6 Å². The van der Waals surface area contributed by atoms with Crippen molar-refractivity contribution in [1.29, 1.82) is 0 Å². The Bertz CT molecular complexity index is 455. The maximum atomic E-state index is 12.0. The Balaban J connectivity index is 2.06. The first-order valence-corrected chi connectivity index (χ1v) is 7.88. The van der Waals surface area contributed by atoms with E-state index in [-0.39, 0.29) is 5.97 Å². The summed E-state index contributed by atoms with van der Waals surface area (Å²) in [5, 5.41) is 4.26. The van der Waals surface area contributed by atoms with Gasteiger partial charge in [0.05, 0.1) is 12.3 Å². The standard InChI is InChI=1S/C14H22N2O3S/c1-4-19-14(17)12-10(3)16-20-13(12)15-9(2)11-5-7-18-8-6-11/h9,11,15H,4-8H2,1-3H3. The monoisotopic (exact) mass is 298 g/mol. The summed E-state index contributed by atoms with van der Waals surface area (Å²) in [6, 6.07) is 0.298. The first kappa shape index (κ1) is 15.3. The molecule has 20 heavy (non-hydrogen) atoms. The zero-order valence-electron chi connectivity index (χ0n) is 12.3. The summed E-state index contributed by atoms with van der Waals surface area (Å²) in [6.45, 7) is 7.83. The van der Waals surface area contributed by atoms with Gasteiger partial charge >= 0.3 is 5.97 Å². The summed E-state index contributed by atoms with van der Waals surface area (Å²) in [4.78, 5) is 12.0. The van der Waals surface area contributed by atoms with Crippen molar-refractivity contribution in [3.8, 4) is 0 Å². The van der Waals surface area contributed by atoms with E-state index in [0.717, 1.165) is 36.8 Å². The maximum absolute atomic E-state index is 12.0. The minimum absolute atomic E-state index is 0.291. The molecule has 1 aromatic heterocycles. The molecule has 5 nitrogen and oxygen atoms in total. The van der Waals surface area contributed by atoms with Gasteiger partial charge in [-0.25, -0.2) is 4.79 Å². The fourth-order valence-corrected chi connectivity index (χ4v) is 3.33. The van der Waals surface area contributed by atoms with Crippen LogP contribution in [0.4, 0.5) is 5.00 Å². The van der Waals surface area contributed by atoms with E-state index in [4.69, 9.17) is 9.47 Å². The van der Waals surface area contributed by atoms with E-state index in [1.807, 2.05) is 13.8 Å². The molecule has 1 aliphatic rings. The number of nitrogens with zero attached hydrogens (tertiary/aromatic N) is 1. The molecule has 0 aromatic carbocycles. The van der Waals surface area contributed by atoms with E-state index in [9.17, 15) is 4.79 Å². The van der Waals surface area contributed by atoms with Gasteiger partial charge in [0.25, 0.3) is 0 Å². The number of nitrogens with one attached hydrogen (secondary N) is 1. The van der Waals surface area contributed by atoms with Gasteiger partial charge in [0.15, 0.2) is 0 Å². The SMILES string of the molecule is CCOC(=O)c1c(C)nsc1NC(C)C1CCOCC1. The summed E-state index contributed by atoms with van der Waals surface area (Å²) in [5.41, 5.74) is 1.31. The second kappa shape index (κ2) is 7.04. The molecule has 1 unspecified atom stereocenters. The van der Waals surface area contributed by atoms with Gasteiger partial charge in [0, 0.05) is 19.3 Å². The fraction of sp³-hybridized carbons (Fsp3) is 0.714. The third-order valence-corrected chi connectivity index (χ3v) is 4.54. The van der Waals surface area contributed by atoms with Gasteiger partial charge in [-0.3, -0.25) is 0 Å². The topological polar surface area (TPSA) is 60.5 Å². The van der Waals surface area contributed by atoms with Crippen LogP contribution in [0.5, 0.6) is 0 Å². The summed E-state index contributed by atoms with van der Waals surface area (Å²) in [7, 11) is 0. The van der Waals surface area contributed by atoms with Crippen molar-refractivity contribution >= 4 is 22.5 Å². The molecule has 6 heteroatoms. The number of anilines is 1.